The van der Waals surface area contributed by atoms with Crippen molar-refractivity contribution in [3.8, 4) is 11.5 Å². The van der Waals surface area contributed by atoms with Crippen LogP contribution >= 0.6 is 0 Å². The highest BCUT2D eigenvalue weighted by molar-refractivity contribution is 6.08. The van der Waals surface area contributed by atoms with Crippen molar-refractivity contribution in [1.82, 2.24) is 0 Å². The van der Waals surface area contributed by atoms with Crippen LogP contribution in [0.3, 0.4) is 0 Å². The van der Waals surface area contributed by atoms with Crippen molar-refractivity contribution >= 4 is 11.6 Å². The number of fused-ring (bicyclic) bond motifs is 8. The Morgan fingerprint density at radius 1 is 0.857 bits per heavy atom. The minimum atomic E-state index is -0.444. The van der Waals surface area contributed by atoms with Gasteiger partial charge in [-0.2, -0.15) is 0 Å². The molecule has 5 heteroatoms. The zero-order valence-corrected chi connectivity index (χ0v) is 11.7. The largest absolute Gasteiger partial charge is 0.496 e. The second-order valence-corrected chi connectivity index (χ2v) is 5.46. The average molecular weight is 286 g/mol. The Morgan fingerprint density at radius 2 is 1.29 bits per heavy atom. The molecular formula is C16H14O5. The standard InChI is InChI=1S/C16H14O5/c1-19-9-5-6-10(20-2)14-13(9)15-11-7(17)3-4-8(18)12(11)16(14)21-15/h3-6,11-12,15-16H,1-2H3/t11-,12+,15+,16-. The highest BCUT2D eigenvalue weighted by Crippen LogP contribution is 2.62. The lowest BCUT2D eigenvalue weighted by molar-refractivity contribution is -0.128. The summed E-state index contributed by atoms with van der Waals surface area (Å²) in [6, 6.07) is 3.61. The molecule has 2 heterocycles. The molecule has 5 nitrogen and oxygen atoms in total. The predicted molar refractivity (Wildman–Crippen MR) is 72.2 cm³/mol. The van der Waals surface area contributed by atoms with Crippen molar-refractivity contribution < 1.29 is 23.8 Å². The lowest BCUT2D eigenvalue weighted by atomic mass is 9.69. The average Bonchev–Trinajstić information content (AvgIpc) is 3.07. The molecule has 0 unspecified atom stereocenters. The minimum absolute atomic E-state index is 0.0531. The van der Waals surface area contributed by atoms with Crippen LogP contribution in [-0.2, 0) is 14.3 Å². The van der Waals surface area contributed by atoms with E-state index in [4.69, 9.17) is 14.2 Å². The van der Waals surface area contributed by atoms with E-state index < -0.39 is 24.0 Å². The fourth-order valence-corrected chi connectivity index (χ4v) is 3.78. The third-order valence-electron chi connectivity index (χ3n) is 4.62. The van der Waals surface area contributed by atoms with E-state index in [1.54, 1.807) is 14.2 Å². The molecule has 108 valence electrons. The fraction of sp³-hybridized carbons (Fsp3) is 0.375. The van der Waals surface area contributed by atoms with Crippen molar-refractivity contribution in [3.63, 3.8) is 0 Å². The van der Waals surface area contributed by atoms with Crippen molar-refractivity contribution in [2.45, 2.75) is 12.2 Å². The van der Waals surface area contributed by atoms with E-state index in [1.165, 1.54) is 12.2 Å². The second-order valence-electron chi connectivity index (χ2n) is 5.46. The van der Waals surface area contributed by atoms with Gasteiger partial charge in [0, 0.05) is 11.1 Å². The number of hydrogen-bond acceptors (Lipinski definition) is 5. The molecule has 1 aromatic rings. The van der Waals surface area contributed by atoms with Crippen molar-refractivity contribution in [1.29, 1.82) is 0 Å². The number of allylic oxidation sites excluding steroid dienone is 2. The summed E-state index contributed by atoms with van der Waals surface area (Å²) in [6.45, 7) is 0. The number of ether oxygens (including phenoxy) is 3. The molecule has 4 atom stereocenters. The van der Waals surface area contributed by atoms with E-state index in [0.29, 0.717) is 11.5 Å². The van der Waals surface area contributed by atoms with Gasteiger partial charge in [-0.05, 0) is 24.3 Å². The minimum Gasteiger partial charge on any atom is -0.496 e. The smallest absolute Gasteiger partial charge is 0.162 e. The molecule has 1 aliphatic carbocycles. The molecule has 21 heavy (non-hydrogen) atoms. The molecule has 4 rings (SSSR count). The molecule has 1 fully saturated rings. The maximum Gasteiger partial charge on any atom is 0.162 e. The van der Waals surface area contributed by atoms with Crippen LogP contribution in [0.15, 0.2) is 24.3 Å². The Kier molecular flexibility index (Phi) is 2.50. The topological polar surface area (TPSA) is 61.8 Å². The maximum atomic E-state index is 12.2. The van der Waals surface area contributed by atoms with Crippen molar-refractivity contribution in [2.75, 3.05) is 14.2 Å². The van der Waals surface area contributed by atoms with Crippen LogP contribution in [0, 0.1) is 11.8 Å². The van der Waals surface area contributed by atoms with Gasteiger partial charge in [0.25, 0.3) is 0 Å². The van der Waals surface area contributed by atoms with Gasteiger partial charge in [0.15, 0.2) is 11.6 Å². The SMILES string of the molecule is COc1ccc(OC)c2c1[C@H]1O[C@@H]2[C@H]2C(=O)C=CC(=O)[C@H]21. The highest BCUT2D eigenvalue weighted by Gasteiger charge is 2.59. The summed E-state index contributed by atoms with van der Waals surface area (Å²) in [5, 5.41) is 0. The van der Waals surface area contributed by atoms with E-state index in [1.807, 2.05) is 12.1 Å². The number of benzene rings is 1. The lowest BCUT2D eigenvalue weighted by Crippen LogP contribution is -2.35. The predicted octanol–water partition coefficient (Wildman–Crippen LogP) is 1.77. The highest BCUT2D eigenvalue weighted by atomic mass is 16.5. The molecular weight excluding hydrogens is 272 g/mol. The number of methoxy groups -OCH3 is 2. The third-order valence-corrected chi connectivity index (χ3v) is 4.62. The Bertz CT molecular complexity index is 633. The van der Waals surface area contributed by atoms with Gasteiger partial charge in [0.2, 0.25) is 0 Å². The monoisotopic (exact) mass is 286 g/mol. The zero-order valence-electron chi connectivity index (χ0n) is 11.7. The van der Waals surface area contributed by atoms with Gasteiger partial charge < -0.3 is 14.2 Å². The maximum absolute atomic E-state index is 12.2. The van der Waals surface area contributed by atoms with Crippen LogP contribution < -0.4 is 9.47 Å². The molecule has 1 saturated heterocycles. The molecule has 3 aliphatic rings. The first-order valence-electron chi connectivity index (χ1n) is 6.83. The first-order valence-corrected chi connectivity index (χ1v) is 6.83. The Morgan fingerprint density at radius 3 is 1.67 bits per heavy atom. The third kappa shape index (κ3) is 1.44. The molecule has 1 aromatic carbocycles. The van der Waals surface area contributed by atoms with Crippen LogP contribution in [0.4, 0.5) is 0 Å². The molecule has 0 spiro atoms. The second kappa shape index (κ2) is 4.18. The van der Waals surface area contributed by atoms with Gasteiger partial charge in [0.05, 0.1) is 38.3 Å². The zero-order chi connectivity index (χ0) is 14.7. The van der Waals surface area contributed by atoms with Crippen LogP contribution in [0.1, 0.15) is 23.3 Å². The fourth-order valence-electron chi connectivity index (χ4n) is 3.78. The van der Waals surface area contributed by atoms with E-state index in [0.717, 1.165) is 11.1 Å². The summed E-state index contributed by atoms with van der Waals surface area (Å²) in [4.78, 5) is 24.4. The van der Waals surface area contributed by atoms with Gasteiger partial charge in [-0.3, -0.25) is 9.59 Å². The summed E-state index contributed by atoms with van der Waals surface area (Å²) in [7, 11) is 3.17. The number of ketones is 2. The van der Waals surface area contributed by atoms with Gasteiger partial charge in [-0.15, -0.1) is 0 Å². The molecule has 0 aromatic heterocycles. The van der Waals surface area contributed by atoms with Crippen LogP contribution in [-0.4, -0.2) is 25.8 Å². The summed E-state index contributed by atoms with van der Waals surface area (Å²) >= 11 is 0. The summed E-state index contributed by atoms with van der Waals surface area (Å²) in [6.07, 6.45) is 1.86. The van der Waals surface area contributed by atoms with Gasteiger partial charge >= 0.3 is 0 Å². The van der Waals surface area contributed by atoms with Gasteiger partial charge in [0.1, 0.15) is 11.5 Å². The van der Waals surface area contributed by atoms with Crippen LogP contribution in [0.5, 0.6) is 11.5 Å². The van der Waals surface area contributed by atoms with E-state index >= 15 is 0 Å². The first-order chi connectivity index (χ1) is 10.2. The Labute approximate surface area is 121 Å². The van der Waals surface area contributed by atoms with Crippen LogP contribution in [0.2, 0.25) is 0 Å². The summed E-state index contributed by atoms with van der Waals surface area (Å²) < 4.78 is 16.8. The van der Waals surface area contributed by atoms with Crippen molar-refractivity contribution in [3.05, 3.63) is 35.4 Å². The Hall–Kier alpha value is -2.14. The molecule has 0 amide bonds. The van der Waals surface area contributed by atoms with Gasteiger partial charge in [-0.1, -0.05) is 0 Å². The number of rotatable bonds is 2. The lowest BCUT2D eigenvalue weighted by Gasteiger charge is -2.30. The number of carbonyl (C=O) groups excluding carboxylic acids is 2. The quantitative estimate of drug-likeness (QED) is 0.829. The van der Waals surface area contributed by atoms with Gasteiger partial charge in [-0.25, -0.2) is 0 Å². The first kappa shape index (κ1) is 12.6. The summed E-state index contributed by atoms with van der Waals surface area (Å²) in [5.41, 5.74) is 1.69. The Balaban J connectivity index is 1.94. The molecule has 0 saturated carbocycles. The number of carbonyl (C=O) groups is 2. The molecule has 0 N–H and O–H groups in total. The van der Waals surface area contributed by atoms with E-state index in [2.05, 4.69) is 0 Å². The van der Waals surface area contributed by atoms with Crippen molar-refractivity contribution in [2.24, 2.45) is 11.8 Å². The normalized spacial score (nSPS) is 32.1. The summed E-state index contributed by atoms with van der Waals surface area (Å²) in [5.74, 6) is 0.352. The molecule has 2 aliphatic heterocycles. The molecule has 2 bridgehead atoms. The number of hydrogen-bond donors (Lipinski definition) is 0. The molecule has 0 radical (unpaired) electrons. The van der Waals surface area contributed by atoms with E-state index in [-0.39, 0.29) is 11.6 Å². The van der Waals surface area contributed by atoms with E-state index in [9.17, 15) is 9.59 Å². The van der Waals surface area contributed by atoms with Crippen LogP contribution in [0.25, 0.3) is 0 Å².